The molecule has 1 aliphatic heterocycles. The predicted octanol–water partition coefficient (Wildman–Crippen LogP) is 6.49. The average molecular weight is 413 g/mol. The molecule has 0 saturated carbocycles. The van der Waals surface area contributed by atoms with Crippen molar-refractivity contribution in [3.05, 3.63) is 71.8 Å². The molecule has 1 fully saturated rings. The molecular weight excluding hydrogens is 376 g/mol. The fourth-order valence-corrected chi connectivity index (χ4v) is 5.22. The maximum Gasteiger partial charge on any atom is 0.195 e. The smallest absolute Gasteiger partial charge is 0.195 e. The van der Waals surface area contributed by atoms with Crippen LogP contribution in [-0.2, 0) is 19.5 Å². The Balaban J connectivity index is 1.96. The Morgan fingerprint density at radius 2 is 1.34 bits per heavy atom. The Hall–Kier alpha value is -1.46. The van der Waals surface area contributed by atoms with Crippen LogP contribution in [0.1, 0.15) is 52.7 Å². The van der Waals surface area contributed by atoms with Gasteiger partial charge in [0.15, 0.2) is 8.32 Å². The van der Waals surface area contributed by atoms with Crippen molar-refractivity contribution in [2.75, 3.05) is 0 Å². The molecule has 2 atom stereocenters. The summed E-state index contributed by atoms with van der Waals surface area (Å²) in [6.07, 6.45) is -0.476. The molecule has 0 spiro atoms. The Morgan fingerprint density at radius 1 is 0.897 bits per heavy atom. The van der Waals surface area contributed by atoms with Gasteiger partial charge in [-0.25, -0.2) is 0 Å². The zero-order valence-electron chi connectivity index (χ0n) is 19.2. The van der Waals surface area contributed by atoms with E-state index in [-0.39, 0.29) is 17.4 Å². The number of rotatable bonds is 6. The normalized spacial score (nSPS) is 22.0. The van der Waals surface area contributed by atoms with Crippen LogP contribution < -0.4 is 0 Å². The first-order chi connectivity index (χ1) is 13.4. The predicted molar refractivity (Wildman–Crippen MR) is 121 cm³/mol. The summed E-state index contributed by atoms with van der Waals surface area (Å²) in [6.45, 7) is 17.5. The molecule has 4 heteroatoms. The van der Waals surface area contributed by atoms with E-state index in [1.54, 1.807) is 0 Å². The van der Waals surface area contributed by atoms with E-state index >= 15 is 0 Å². The molecule has 0 N–H and O–H groups in total. The van der Waals surface area contributed by atoms with Crippen molar-refractivity contribution in [3.8, 4) is 0 Å². The van der Waals surface area contributed by atoms with Gasteiger partial charge in [-0.3, -0.25) is 0 Å². The average Bonchev–Trinajstić information content (AvgIpc) is 2.64. The fraction of sp³-hybridized carbons (Fsp3) is 0.520. The maximum absolute atomic E-state index is 6.64. The number of hydrogen-bond donors (Lipinski definition) is 0. The zero-order valence-corrected chi connectivity index (χ0v) is 20.2. The summed E-state index contributed by atoms with van der Waals surface area (Å²) in [5, 5.41) is 0.131. The highest BCUT2D eigenvalue weighted by Crippen LogP contribution is 2.54. The van der Waals surface area contributed by atoms with Crippen LogP contribution in [0.4, 0.5) is 0 Å². The fourth-order valence-electron chi connectivity index (χ4n) is 3.98. The van der Waals surface area contributed by atoms with Gasteiger partial charge in [0.05, 0.1) is 5.60 Å². The van der Waals surface area contributed by atoms with Gasteiger partial charge < -0.3 is 13.9 Å². The Labute approximate surface area is 177 Å². The zero-order chi connectivity index (χ0) is 21.5. The summed E-state index contributed by atoms with van der Waals surface area (Å²) < 4.78 is 19.8. The van der Waals surface area contributed by atoms with Crippen LogP contribution in [0.15, 0.2) is 60.7 Å². The van der Waals surface area contributed by atoms with Crippen molar-refractivity contribution in [1.29, 1.82) is 0 Å². The molecule has 0 aromatic heterocycles. The number of ether oxygens (including phenoxy) is 2. The molecule has 0 radical (unpaired) electrons. The monoisotopic (exact) mass is 412 g/mol. The highest BCUT2D eigenvalue weighted by Gasteiger charge is 2.64. The van der Waals surface area contributed by atoms with E-state index in [9.17, 15) is 0 Å². The van der Waals surface area contributed by atoms with E-state index in [1.807, 2.05) is 19.1 Å². The molecule has 0 aliphatic carbocycles. The van der Waals surface area contributed by atoms with Crippen LogP contribution in [-0.4, -0.2) is 26.3 Å². The van der Waals surface area contributed by atoms with Crippen molar-refractivity contribution < 1.29 is 13.9 Å². The lowest BCUT2D eigenvalue weighted by Gasteiger charge is -2.60. The maximum atomic E-state index is 6.64. The molecule has 2 aromatic rings. The van der Waals surface area contributed by atoms with Gasteiger partial charge in [-0.15, -0.1) is 0 Å². The highest BCUT2D eigenvalue weighted by molar-refractivity contribution is 6.74. The molecule has 3 nitrogen and oxygen atoms in total. The van der Waals surface area contributed by atoms with E-state index in [0.29, 0.717) is 0 Å². The highest BCUT2D eigenvalue weighted by atomic mass is 28.4. The van der Waals surface area contributed by atoms with Gasteiger partial charge in [0.25, 0.3) is 0 Å². The number of hydrogen-bond acceptors (Lipinski definition) is 3. The molecule has 29 heavy (non-hydrogen) atoms. The van der Waals surface area contributed by atoms with Gasteiger partial charge in [-0.2, -0.15) is 0 Å². The molecule has 158 valence electrons. The molecule has 1 aliphatic rings. The summed E-state index contributed by atoms with van der Waals surface area (Å²) in [5.74, 6) is 0. The van der Waals surface area contributed by atoms with Crippen LogP contribution in [0, 0.1) is 0 Å². The van der Waals surface area contributed by atoms with Crippen molar-refractivity contribution >= 4 is 8.32 Å². The SMILES string of the molecule is C[C@@H](O[C@H]1C(C)(C)OC1(c1ccccc1)c1ccccc1)O[Si](C)(C)C(C)(C)C. The molecule has 1 saturated heterocycles. The van der Waals surface area contributed by atoms with Crippen molar-refractivity contribution in [2.45, 2.75) is 83.3 Å². The first-order valence-electron chi connectivity index (χ1n) is 10.5. The third kappa shape index (κ3) is 4.09. The first kappa shape index (κ1) is 22.2. The Kier molecular flexibility index (Phi) is 5.87. The van der Waals surface area contributed by atoms with E-state index in [4.69, 9.17) is 13.9 Å². The van der Waals surface area contributed by atoms with Crippen LogP contribution in [0.3, 0.4) is 0 Å². The third-order valence-electron chi connectivity index (χ3n) is 6.42. The van der Waals surface area contributed by atoms with Gasteiger partial charge >= 0.3 is 0 Å². The second-order valence-corrected chi connectivity index (χ2v) is 14.9. The van der Waals surface area contributed by atoms with Crippen LogP contribution >= 0.6 is 0 Å². The molecular formula is C25H36O3Si. The van der Waals surface area contributed by atoms with Gasteiger partial charge in [-0.1, -0.05) is 81.4 Å². The van der Waals surface area contributed by atoms with Gasteiger partial charge in [0.2, 0.25) is 0 Å². The Bertz CT molecular complexity index is 769. The van der Waals surface area contributed by atoms with E-state index in [0.717, 1.165) is 11.1 Å². The Morgan fingerprint density at radius 3 is 1.72 bits per heavy atom. The van der Waals surface area contributed by atoms with E-state index < -0.39 is 19.5 Å². The summed E-state index contributed by atoms with van der Waals surface area (Å²) in [5.41, 5.74) is 1.15. The lowest BCUT2D eigenvalue weighted by Crippen LogP contribution is -2.70. The van der Waals surface area contributed by atoms with E-state index in [1.165, 1.54) is 0 Å². The molecule has 0 unspecified atom stereocenters. The standard InChI is InChI=1S/C25H36O3Si/c1-19(27-29(7,8)23(2,3)4)26-22-24(5,6)28-25(22,20-15-11-9-12-16-20)21-17-13-10-14-18-21/h9-19,22H,1-8H3/t19-,22-/m0/s1. The van der Waals surface area contributed by atoms with E-state index in [2.05, 4.69) is 96.2 Å². The molecule has 0 bridgehead atoms. The quantitative estimate of drug-likeness (QED) is 0.401. The second kappa shape index (κ2) is 7.66. The van der Waals surface area contributed by atoms with Gasteiger partial charge in [-0.05, 0) is 50.0 Å². The van der Waals surface area contributed by atoms with Crippen LogP contribution in [0.5, 0.6) is 0 Å². The van der Waals surface area contributed by atoms with Crippen LogP contribution in [0.2, 0.25) is 18.1 Å². The van der Waals surface area contributed by atoms with Gasteiger partial charge in [0, 0.05) is 0 Å². The van der Waals surface area contributed by atoms with Crippen LogP contribution in [0.25, 0.3) is 0 Å². The topological polar surface area (TPSA) is 27.7 Å². The van der Waals surface area contributed by atoms with Crippen molar-refractivity contribution in [1.82, 2.24) is 0 Å². The minimum absolute atomic E-state index is 0.131. The summed E-state index contributed by atoms with van der Waals surface area (Å²) in [4.78, 5) is 0. The van der Waals surface area contributed by atoms with Gasteiger partial charge in [0.1, 0.15) is 18.0 Å². The van der Waals surface area contributed by atoms with Crippen molar-refractivity contribution in [3.63, 3.8) is 0 Å². The minimum atomic E-state index is -1.94. The molecule has 0 amide bonds. The lowest BCUT2D eigenvalue weighted by atomic mass is 9.69. The summed E-state index contributed by atoms with van der Waals surface area (Å²) in [6, 6.07) is 20.8. The largest absolute Gasteiger partial charge is 0.392 e. The molecule has 3 rings (SSSR count). The summed E-state index contributed by atoms with van der Waals surface area (Å²) in [7, 11) is -1.94. The second-order valence-electron chi connectivity index (χ2n) is 10.1. The minimum Gasteiger partial charge on any atom is -0.392 e. The first-order valence-corrected chi connectivity index (χ1v) is 13.5. The number of benzene rings is 2. The van der Waals surface area contributed by atoms with Crippen molar-refractivity contribution in [2.24, 2.45) is 0 Å². The molecule has 1 heterocycles. The third-order valence-corrected chi connectivity index (χ3v) is 11.0. The lowest BCUT2D eigenvalue weighted by molar-refractivity contribution is -0.358. The molecule has 2 aromatic carbocycles. The summed E-state index contributed by atoms with van der Waals surface area (Å²) >= 11 is 0.